The van der Waals surface area contributed by atoms with Gasteiger partial charge in [-0.1, -0.05) is 24.4 Å². The monoisotopic (exact) mass is 299 g/mol. The Balaban J connectivity index is 2.20. The smallest absolute Gasteiger partial charge is 0.335 e. The highest BCUT2D eigenvalue weighted by molar-refractivity contribution is 8.05. The third kappa shape index (κ3) is 2.23. The molecule has 0 aromatic carbocycles. The minimum Gasteiger partial charge on any atom is -0.460 e. The van der Waals surface area contributed by atoms with Gasteiger partial charge >= 0.3 is 5.97 Å². The first kappa shape index (κ1) is 14.3. The quantitative estimate of drug-likeness (QED) is 0.352. The molecule has 2 aliphatic rings. The molecule has 3 unspecified atom stereocenters. The van der Waals surface area contributed by atoms with E-state index in [2.05, 4.69) is 11.6 Å². The van der Waals surface area contributed by atoms with Crippen LogP contribution in [-0.4, -0.2) is 51.0 Å². The lowest BCUT2D eigenvalue weighted by atomic mass is 9.91. The third-order valence-electron chi connectivity index (χ3n) is 3.08. The van der Waals surface area contributed by atoms with E-state index in [1.807, 2.05) is 0 Å². The van der Waals surface area contributed by atoms with E-state index in [0.717, 1.165) is 0 Å². The zero-order chi connectivity index (χ0) is 14.2. The summed E-state index contributed by atoms with van der Waals surface area (Å²) in [5.41, 5.74) is 0. The normalized spacial score (nSPS) is 30.2. The summed E-state index contributed by atoms with van der Waals surface area (Å²) >= 11 is 6.05. The summed E-state index contributed by atoms with van der Waals surface area (Å²) in [5.74, 6) is -1.30. The number of β-lactam (4-membered cyclic amide) rings is 1. The van der Waals surface area contributed by atoms with Gasteiger partial charge in [0.1, 0.15) is 6.61 Å². The summed E-state index contributed by atoms with van der Waals surface area (Å²) in [6.07, 6.45) is 0.699. The topological polar surface area (TPSA) is 66.8 Å². The van der Waals surface area contributed by atoms with Crippen LogP contribution in [0.4, 0.5) is 0 Å². The van der Waals surface area contributed by atoms with Gasteiger partial charge in [-0.25, -0.2) is 4.79 Å². The molecule has 19 heavy (non-hydrogen) atoms. The molecule has 2 heterocycles. The number of rotatable bonds is 4. The van der Waals surface area contributed by atoms with E-state index in [1.54, 1.807) is 6.92 Å². The van der Waals surface area contributed by atoms with Crippen LogP contribution in [0.15, 0.2) is 17.6 Å². The molecule has 0 aliphatic carbocycles. The van der Waals surface area contributed by atoms with E-state index in [9.17, 15) is 14.7 Å². The maximum Gasteiger partial charge on any atom is 0.335 e. The molecule has 5 nitrogen and oxygen atoms in total. The first-order chi connectivity index (χ1) is 9.02. The summed E-state index contributed by atoms with van der Waals surface area (Å²) in [6, 6.07) is -0.824. The molecular weight excluding hydrogens is 286 g/mol. The Labute approximate surface area is 120 Å². The molecule has 102 valence electrons. The van der Waals surface area contributed by atoms with Crippen molar-refractivity contribution in [1.82, 2.24) is 4.90 Å². The number of hydrogen-bond acceptors (Lipinski definition) is 6. The Morgan fingerprint density at radius 1 is 1.79 bits per heavy atom. The van der Waals surface area contributed by atoms with Gasteiger partial charge in [0, 0.05) is 0 Å². The van der Waals surface area contributed by atoms with Crippen molar-refractivity contribution in [2.45, 2.75) is 24.4 Å². The van der Waals surface area contributed by atoms with Gasteiger partial charge in [0.05, 0.1) is 22.3 Å². The van der Waals surface area contributed by atoms with Crippen LogP contribution in [0.2, 0.25) is 0 Å². The highest BCUT2D eigenvalue weighted by Gasteiger charge is 2.60. The second-order valence-electron chi connectivity index (χ2n) is 4.31. The van der Waals surface area contributed by atoms with Gasteiger partial charge in [-0.05, 0) is 24.2 Å². The number of fused-ring (bicyclic) bond motifs is 1. The molecule has 0 aromatic rings. The third-order valence-corrected chi connectivity index (χ3v) is 4.77. The summed E-state index contributed by atoms with van der Waals surface area (Å²) in [7, 11) is 0. The summed E-state index contributed by atoms with van der Waals surface area (Å²) in [5, 5.41) is 11.8. The van der Waals surface area contributed by atoms with Crippen LogP contribution in [-0.2, 0) is 14.3 Å². The largest absolute Gasteiger partial charge is 0.460 e. The summed E-state index contributed by atoms with van der Waals surface area (Å²) < 4.78 is 4.97. The summed E-state index contributed by atoms with van der Waals surface area (Å²) in [4.78, 5) is 25.8. The van der Waals surface area contributed by atoms with Crippen molar-refractivity contribution in [1.29, 1.82) is 0 Å². The van der Waals surface area contributed by atoms with Crippen LogP contribution in [0, 0.1) is 5.92 Å². The van der Waals surface area contributed by atoms with Crippen LogP contribution in [0.1, 0.15) is 6.92 Å². The van der Waals surface area contributed by atoms with E-state index in [-0.39, 0.29) is 17.9 Å². The van der Waals surface area contributed by atoms with Crippen molar-refractivity contribution in [3.8, 4) is 0 Å². The standard InChI is InChI=1S/C12H13NO4S2/c1-3-4-17-12(16)9-7(5-18)19-11-8(6(2)14)10(15)13(9)11/h3,6,8-9,11,14H,1,4H2,2H3/t6?,8?,9?,11-/m0/s1. The number of ether oxygens (including phenoxy) is 1. The van der Waals surface area contributed by atoms with Crippen molar-refractivity contribution in [3.63, 3.8) is 0 Å². The number of amides is 1. The van der Waals surface area contributed by atoms with E-state index in [1.165, 1.54) is 22.7 Å². The van der Waals surface area contributed by atoms with Gasteiger partial charge in [-0.3, -0.25) is 4.79 Å². The van der Waals surface area contributed by atoms with E-state index >= 15 is 0 Å². The minimum atomic E-state index is -0.824. The van der Waals surface area contributed by atoms with Gasteiger partial charge < -0.3 is 14.7 Å². The van der Waals surface area contributed by atoms with Crippen LogP contribution in [0.25, 0.3) is 0 Å². The van der Waals surface area contributed by atoms with Gasteiger partial charge in [0.2, 0.25) is 5.91 Å². The van der Waals surface area contributed by atoms with Gasteiger partial charge in [-0.2, -0.15) is 0 Å². The lowest BCUT2D eigenvalue weighted by molar-refractivity contribution is -0.167. The molecule has 4 atom stereocenters. The molecule has 0 radical (unpaired) electrons. The number of hydrogen-bond donors (Lipinski definition) is 1. The molecule has 0 saturated carbocycles. The number of esters is 1. The first-order valence-corrected chi connectivity index (χ1v) is 7.01. The van der Waals surface area contributed by atoms with Crippen molar-refractivity contribution < 1.29 is 19.4 Å². The average Bonchev–Trinajstić information content (AvgIpc) is 2.69. The van der Waals surface area contributed by atoms with Crippen molar-refractivity contribution >= 4 is 40.9 Å². The Hall–Kier alpha value is -1.14. The fourth-order valence-electron chi connectivity index (χ4n) is 2.20. The highest BCUT2D eigenvalue weighted by atomic mass is 32.2. The van der Waals surface area contributed by atoms with Crippen molar-refractivity contribution in [3.05, 3.63) is 17.6 Å². The first-order valence-electron chi connectivity index (χ1n) is 5.72. The number of aliphatic hydroxyl groups is 1. The summed E-state index contributed by atoms with van der Waals surface area (Å²) in [6.45, 7) is 5.10. The predicted octanol–water partition coefficient (Wildman–Crippen LogP) is 0.479. The zero-order valence-electron chi connectivity index (χ0n) is 10.2. The van der Waals surface area contributed by atoms with E-state index in [0.29, 0.717) is 4.91 Å². The van der Waals surface area contributed by atoms with Gasteiger partial charge in [-0.15, -0.1) is 0 Å². The number of thioether (sulfide) groups is 1. The maximum atomic E-state index is 12.0. The highest BCUT2D eigenvalue weighted by Crippen LogP contribution is 2.50. The van der Waals surface area contributed by atoms with E-state index in [4.69, 9.17) is 17.0 Å². The molecule has 1 N–H and O–H groups in total. The Morgan fingerprint density at radius 2 is 2.47 bits per heavy atom. The molecule has 2 aliphatic heterocycles. The maximum absolute atomic E-state index is 12.0. The van der Waals surface area contributed by atoms with Crippen LogP contribution in [0.5, 0.6) is 0 Å². The number of carbonyl (C=O) groups excluding carboxylic acids is 2. The fourth-order valence-corrected chi connectivity index (χ4v) is 3.93. The molecular formula is C12H13NO4S2. The van der Waals surface area contributed by atoms with Crippen molar-refractivity contribution in [2.24, 2.45) is 5.92 Å². The Bertz CT molecular complexity index is 484. The molecule has 0 bridgehead atoms. The molecule has 2 rings (SSSR count). The second kappa shape index (κ2) is 5.46. The van der Waals surface area contributed by atoms with Crippen LogP contribution >= 0.6 is 24.0 Å². The second-order valence-corrected chi connectivity index (χ2v) is 5.67. The lowest BCUT2D eigenvalue weighted by Crippen LogP contribution is -2.64. The van der Waals surface area contributed by atoms with Crippen LogP contribution in [0.3, 0.4) is 0 Å². The van der Waals surface area contributed by atoms with Crippen LogP contribution < -0.4 is 0 Å². The zero-order valence-corrected chi connectivity index (χ0v) is 11.9. The number of aliphatic hydroxyl groups excluding tert-OH is 1. The van der Waals surface area contributed by atoms with Gasteiger partial charge in [0.15, 0.2) is 6.04 Å². The molecule has 1 amide bonds. The predicted molar refractivity (Wildman–Crippen MR) is 74.5 cm³/mol. The van der Waals surface area contributed by atoms with Gasteiger partial charge in [0.25, 0.3) is 0 Å². The number of nitrogens with zero attached hydrogens (tertiary/aromatic N) is 1. The molecule has 0 spiro atoms. The molecule has 0 aromatic heterocycles. The minimum absolute atomic E-state index is 0.0806. The number of thiocarbonyl (C=S) groups is 1. The SMILES string of the molecule is C=CCOC(=O)C1C(=C=S)S[C@H]2C(C(C)O)C(=O)N12. The average molecular weight is 299 g/mol. The molecule has 7 heteroatoms. The number of carbonyl (C=O) groups is 2. The Kier molecular flexibility index (Phi) is 4.10. The van der Waals surface area contributed by atoms with E-state index < -0.39 is 24.0 Å². The molecule has 2 fully saturated rings. The lowest BCUT2D eigenvalue weighted by Gasteiger charge is -2.44. The fraction of sp³-hybridized carbons (Fsp3) is 0.500. The Morgan fingerprint density at radius 3 is 3.00 bits per heavy atom. The molecule has 2 saturated heterocycles. The van der Waals surface area contributed by atoms with Crippen molar-refractivity contribution in [2.75, 3.05) is 6.61 Å².